The first-order valence-electron chi connectivity index (χ1n) is 8.08. The van der Waals surface area contributed by atoms with Gasteiger partial charge in [0.25, 0.3) is 0 Å². The number of ketones is 1. The van der Waals surface area contributed by atoms with E-state index in [0.29, 0.717) is 18.6 Å². The van der Waals surface area contributed by atoms with Crippen molar-refractivity contribution in [2.75, 3.05) is 13.2 Å². The number of hydrogen-bond acceptors (Lipinski definition) is 4. The molecular formula is C18H29NO3Si. The lowest BCUT2D eigenvalue weighted by molar-refractivity contribution is -0.109. The maximum Gasteiger partial charge on any atom is 0.191 e. The summed E-state index contributed by atoms with van der Waals surface area (Å²) in [5.74, 6) is -0.0113. The molecule has 0 aromatic heterocycles. The van der Waals surface area contributed by atoms with Crippen LogP contribution in [0.15, 0.2) is 30.3 Å². The van der Waals surface area contributed by atoms with Crippen molar-refractivity contribution in [2.45, 2.75) is 51.4 Å². The summed E-state index contributed by atoms with van der Waals surface area (Å²) >= 11 is 0. The number of aldehydes is 1. The predicted octanol–water partition coefficient (Wildman–Crippen LogP) is 3.44. The monoisotopic (exact) mass is 335 g/mol. The lowest BCUT2D eigenvalue weighted by Crippen LogP contribution is -2.42. The van der Waals surface area contributed by atoms with Crippen molar-refractivity contribution >= 4 is 20.4 Å². The fourth-order valence-corrected chi connectivity index (χ4v) is 2.89. The third-order valence-corrected chi connectivity index (χ3v) is 9.02. The maximum absolute atomic E-state index is 12.0. The van der Waals surface area contributed by atoms with Gasteiger partial charge in [0.15, 0.2) is 14.1 Å². The molecule has 1 N–H and O–H groups in total. The second-order valence-electron chi connectivity index (χ2n) is 7.31. The van der Waals surface area contributed by atoms with Gasteiger partial charge in [-0.05, 0) is 24.6 Å². The lowest BCUT2D eigenvalue weighted by Gasteiger charge is -2.36. The number of carbonyl (C=O) groups is 2. The van der Waals surface area contributed by atoms with Gasteiger partial charge in [0.2, 0.25) is 0 Å². The Bertz CT molecular complexity index is 509. The summed E-state index contributed by atoms with van der Waals surface area (Å²) in [5.41, 5.74) is 0.655. The number of Topliss-reactive ketones (excluding diaryl/α,β-unsaturated/α-hetero) is 1. The van der Waals surface area contributed by atoms with Gasteiger partial charge in [-0.1, -0.05) is 51.1 Å². The van der Waals surface area contributed by atoms with E-state index in [2.05, 4.69) is 39.2 Å². The van der Waals surface area contributed by atoms with Gasteiger partial charge >= 0.3 is 0 Å². The van der Waals surface area contributed by atoms with Crippen LogP contribution < -0.4 is 5.32 Å². The summed E-state index contributed by atoms with van der Waals surface area (Å²) in [6.07, 6.45) is 1.44. The minimum absolute atomic E-state index is 0.0113. The molecule has 0 aliphatic carbocycles. The number of nitrogens with one attached hydrogen (secondary N) is 1. The van der Waals surface area contributed by atoms with Crippen LogP contribution in [0.5, 0.6) is 0 Å². The molecule has 0 amide bonds. The molecule has 1 atom stereocenters. The zero-order chi connectivity index (χ0) is 17.5. The highest BCUT2D eigenvalue weighted by Gasteiger charge is 2.37. The minimum atomic E-state index is -1.79. The number of hydrogen-bond donors (Lipinski definition) is 1. The largest absolute Gasteiger partial charge is 0.417 e. The Morgan fingerprint density at radius 3 is 2.39 bits per heavy atom. The average Bonchev–Trinajstić information content (AvgIpc) is 2.50. The molecule has 0 radical (unpaired) electrons. The molecule has 0 saturated carbocycles. The third-order valence-electron chi connectivity index (χ3n) is 4.48. The van der Waals surface area contributed by atoms with Crippen LogP contribution in [0.4, 0.5) is 0 Å². The third kappa shape index (κ3) is 6.37. The van der Waals surface area contributed by atoms with Crippen LogP contribution in [0, 0.1) is 0 Å². The Balaban J connectivity index is 2.41. The summed E-state index contributed by atoms with van der Waals surface area (Å²) in [4.78, 5) is 23.2. The van der Waals surface area contributed by atoms with Gasteiger partial charge in [-0.3, -0.25) is 4.79 Å². The highest BCUT2D eigenvalue weighted by atomic mass is 28.4. The van der Waals surface area contributed by atoms with Crippen molar-refractivity contribution in [3.05, 3.63) is 35.9 Å². The van der Waals surface area contributed by atoms with Crippen LogP contribution in [0.1, 0.15) is 37.6 Å². The van der Waals surface area contributed by atoms with E-state index in [1.165, 1.54) is 0 Å². The van der Waals surface area contributed by atoms with Gasteiger partial charge in [-0.25, -0.2) is 0 Å². The van der Waals surface area contributed by atoms with Crippen LogP contribution in [0.3, 0.4) is 0 Å². The van der Waals surface area contributed by atoms with Crippen LogP contribution in [0.25, 0.3) is 0 Å². The molecule has 4 nitrogen and oxygen atoms in total. The standard InChI is InChI=1S/C18H29NO3Si/c1-18(2,3)23(4,5)22-12-11-16(14-20)19-13-17(21)15-9-7-6-8-10-15/h6-10,14,16,19H,11-13H2,1-5H3/t16-/m0/s1. The van der Waals surface area contributed by atoms with Crippen molar-refractivity contribution in [1.29, 1.82) is 0 Å². The van der Waals surface area contributed by atoms with Gasteiger partial charge in [0, 0.05) is 12.2 Å². The average molecular weight is 336 g/mol. The molecule has 0 spiro atoms. The van der Waals surface area contributed by atoms with Crippen LogP contribution >= 0.6 is 0 Å². The first kappa shape index (κ1) is 19.7. The second kappa shape index (κ2) is 8.52. The van der Waals surface area contributed by atoms with Crippen molar-refractivity contribution in [3.63, 3.8) is 0 Å². The fraction of sp³-hybridized carbons (Fsp3) is 0.556. The van der Waals surface area contributed by atoms with Gasteiger partial charge in [0.1, 0.15) is 6.29 Å². The normalized spacial score (nSPS) is 13.6. The Hall–Kier alpha value is -1.30. The van der Waals surface area contributed by atoms with Crippen LogP contribution in [-0.2, 0) is 9.22 Å². The smallest absolute Gasteiger partial charge is 0.191 e. The van der Waals surface area contributed by atoms with E-state index in [9.17, 15) is 9.59 Å². The van der Waals surface area contributed by atoms with Gasteiger partial charge < -0.3 is 14.5 Å². The highest BCUT2D eigenvalue weighted by molar-refractivity contribution is 6.74. The SMILES string of the molecule is CC(C)(C)[Si](C)(C)OCC[C@@H](C=O)NCC(=O)c1ccccc1. The van der Waals surface area contributed by atoms with E-state index in [1.54, 1.807) is 12.1 Å². The van der Waals surface area contributed by atoms with Crippen molar-refractivity contribution in [3.8, 4) is 0 Å². The van der Waals surface area contributed by atoms with E-state index >= 15 is 0 Å². The topological polar surface area (TPSA) is 55.4 Å². The fourth-order valence-electron chi connectivity index (χ4n) is 1.83. The molecule has 0 aliphatic rings. The van der Waals surface area contributed by atoms with Gasteiger partial charge in [-0.15, -0.1) is 0 Å². The van der Waals surface area contributed by atoms with E-state index in [1.807, 2.05) is 18.2 Å². The van der Waals surface area contributed by atoms with Gasteiger partial charge in [0.05, 0.1) is 12.6 Å². The Kier molecular flexibility index (Phi) is 7.31. The predicted molar refractivity (Wildman–Crippen MR) is 96.4 cm³/mol. The molecule has 0 heterocycles. The van der Waals surface area contributed by atoms with Gasteiger partial charge in [-0.2, -0.15) is 0 Å². The van der Waals surface area contributed by atoms with Crippen molar-refractivity contribution in [1.82, 2.24) is 5.32 Å². The lowest BCUT2D eigenvalue weighted by atomic mass is 10.1. The van der Waals surface area contributed by atoms with E-state index in [0.717, 1.165) is 6.29 Å². The van der Waals surface area contributed by atoms with E-state index in [4.69, 9.17) is 4.43 Å². The first-order chi connectivity index (χ1) is 10.7. The summed E-state index contributed by atoms with van der Waals surface area (Å²) in [6, 6.07) is 8.74. The summed E-state index contributed by atoms with van der Waals surface area (Å²) in [7, 11) is -1.79. The van der Waals surface area contributed by atoms with Crippen LogP contribution in [0.2, 0.25) is 18.1 Å². The molecule has 23 heavy (non-hydrogen) atoms. The molecule has 0 saturated heterocycles. The highest BCUT2D eigenvalue weighted by Crippen LogP contribution is 2.36. The molecular weight excluding hydrogens is 306 g/mol. The van der Waals surface area contributed by atoms with E-state index in [-0.39, 0.29) is 23.4 Å². The first-order valence-corrected chi connectivity index (χ1v) is 11.0. The summed E-state index contributed by atoms with van der Waals surface area (Å²) in [6.45, 7) is 11.6. The Morgan fingerprint density at radius 1 is 1.26 bits per heavy atom. The minimum Gasteiger partial charge on any atom is -0.417 e. The number of benzene rings is 1. The Morgan fingerprint density at radius 2 is 1.87 bits per heavy atom. The maximum atomic E-state index is 12.0. The molecule has 0 aliphatic heterocycles. The summed E-state index contributed by atoms with van der Waals surface area (Å²) < 4.78 is 6.07. The molecule has 1 aromatic rings. The molecule has 0 unspecified atom stereocenters. The molecule has 5 heteroatoms. The molecule has 0 bridgehead atoms. The van der Waals surface area contributed by atoms with Crippen LogP contribution in [-0.4, -0.2) is 39.6 Å². The summed E-state index contributed by atoms with van der Waals surface area (Å²) in [5, 5.41) is 3.16. The Labute approximate surface area is 140 Å². The zero-order valence-corrected chi connectivity index (χ0v) is 15.9. The molecule has 0 fully saturated rings. The number of carbonyl (C=O) groups excluding carboxylic acids is 2. The molecule has 1 rings (SSSR count). The molecule has 128 valence electrons. The quantitative estimate of drug-likeness (QED) is 0.427. The van der Waals surface area contributed by atoms with E-state index < -0.39 is 8.32 Å². The molecule has 1 aromatic carbocycles. The van der Waals surface area contributed by atoms with Crippen molar-refractivity contribution < 1.29 is 14.0 Å². The number of rotatable bonds is 9. The second-order valence-corrected chi connectivity index (χ2v) is 12.1. The van der Waals surface area contributed by atoms with Crippen molar-refractivity contribution in [2.24, 2.45) is 0 Å². The zero-order valence-electron chi connectivity index (χ0n) is 14.9.